The van der Waals surface area contributed by atoms with Gasteiger partial charge >= 0.3 is 11.9 Å². The lowest BCUT2D eigenvalue weighted by molar-refractivity contribution is -0.139. The Kier molecular flexibility index (Phi) is 5.25. The molecule has 6 nitrogen and oxygen atoms in total. The Labute approximate surface area is 142 Å². The number of hydrogen-bond acceptors (Lipinski definition) is 6. The number of phenols is 1. The second-order valence-corrected chi connectivity index (χ2v) is 4.93. The van der Waals surface area contributed by atoms with Gasteiger partial charge in [0, 0.05) is 6.20 Å². The molecule has 0 radical (unpaired) electrons. The van der Waals surface area contributed by atoms with Crippen molar-refractivity contribution >= 4 is 29.2 Å². The van der Waals surface area contributed by atoms with Crippen molar-refractivity contribution in [2.75, 3.05) is 19.1 Å². The number of carbonyl (C=O) groups excluding carboxylic acids is 2. The summed E-state index contributed by atoms with van der Waals surface area (Å²) in [5, 5.41) is 8.97. The molecule has 1 aliphatic heterocycles. The molecule has 8 heteroatoms. The maximum absolute atomic E-state index is 14.5. The molecule has 1 aromatic rings. The topological polar surface area (TPSA) is 76.1 Å². The Balaban J connectivity index is 2.73. The third-order valence-electron chi connectivity index (χ3n) is 3.19. The maximum atomic E-state index is 14.5. The lowest BCUT2D eigenvalue weighted by Crippen LogP contribution is -2.27. The van der Waals surface area contributed by atoms with Gasteiger partial charge in [-0.3, -0.25) is 0 Å². The van der Waals surface area contributed by atoms with E-state index in [4.69, 9.17) is 16.3 Å². The zero-order chi connectivity index (χ0) is 17.9. The molecule has 0 bridgehead atoms. The number of halogens is 2. The first-order chi connectivity index (χ1) is 11.4. The molecule has 1 heterocycles. The van der Waals surface area contributed by atoms with E-state index in [9.17, 15) is 19.1 Å². The van der Waals surface area contributed by atoms with Crippen LogP contribution in [-0.2, 0) is 19.1 Å². The summed E-state index contributed by atoms with van der Waals surface area (Å²) in [6.45, 7) is 0. The van der Waals surface area contributed by atoms with Crippen LogP contribution >= 0.6 is 11.6 Å². The molecule has 0 aromatic heterocycles. The minimum absolute atomic E-state index is 0.127. The number of benzene rings is 1. The molecule has 2 rings (SSSR count). The van der Waals surface area contributed by atoms with Gasteiger partial charge in [-0.05, 0) is 24.3 Å². The molecule has 0 unspecified atom stereocenters. The van der Waals surface area contributed by atoms with Crippen molar-refractivity contribution < 1.29 is 28.6 Å². The Bertz CT molecular complexity index is 785. The summed E-state index contributed by atoms with van der Waals surface area (Å²) in [6, 6.07) is 2.38. The third kappa shape index (κ3) is 3.11. The zero-order valence-corrected chi connectivity index (χ0v) is 13.5. The molecule has 126 valence electrons. The normalized spacial score (nSPS) is 13.8. The van der Waals surface area contributed by atoms with E-state index in [1.807, 2.05) is 0 Å². The van der Waals surface area contributed by atoms with Gasteiger partial charge in [-0.15, -0.1) is 0 Å². The number of methoxy groups -OCH3 is 2. The van der Waals surface area contributed by atoms with Crippen molar-refractivity contribution in [3.05, 3.63) is 58.7 Å². The lowest BCUT2D eigenvalue weighted by atomic mass is 10.1. The molecule has 0 saturated heterocycles. The van der Waals surface area contributed by atoms with Gasteiger partial charge < -0.3 is 19.5 Å². The summed E-state index contributed by atoms with van der Waals surface area (Å²) in [6.07, 6.45) is 5.66. The van der Waals surface area contributed by atoms with Gasteiger partial charge in [0.05, 0.1) is 25.5 Å². The summed E-state index contributed by atoms with van der Waals surface area (Å²) in [5.74, 6) is -3.10. The van der Waals surface area contributed by atoms with E-state index in [1.165, 1.54) is 36.6 Å². The van der Waals surface area contributed by atoms with Crippen molar-refractivity contribution in [1.82, 2.24) is 0 Å². The van der Waals surface area contributed by atoms with Crippen LogP contribution in [0.15, 0.2) is 47.8 Å². The van der Waals surface area contributed by atoms with Crippen molar-refractivity contribution in [3.63, 3.8) is 0 Å². The molecule has 1 N–H and O–H groups in total. The molecule has 0 atom stereocenters. The van der Waals surface area contributed by atoms with Crippen LogP contribution in [0, 0.1) is 5.82 Å². The fraction of sp³-hybridized carbons (Fsp3) is 0.125. The van der Waals surface area contributed by atoms with Crippen molar-refractivity contribution in [2.45, 2.75) is 0 Å². The van der Waals surface area contributed by atoms with Gasteiger partial charge in [0.2, 0.25) is 0 Å². The predicted molar refractivity (Wildman–Crippen MR) is 84.9 cm³/mol. The number of rotatable bonds is 3. The fourth-order valence-corrected chi connectivity index (χ4v) is 2.23. The Hall–Kier alpha value is -2.80. The molecule has 0 saturated carbocycles. The van der Waals surface area contributed by atoms with Gasteiger partial charge in [0.15, 0.2) is 5.82 Å². The second kappa shape index (κ2) is 7.18. The third-order valence-corrected chi connectivity index (χ3v) is 3.55. The number of allylic oxidation sites excluding steroid dienone is 2. The highest BCUT2D eigenvalue weighted by molar-refractivity contribution is 6.32. The van der Waals surface area contributed by atoms with Gasteiger partial charge in [0.1, 0.15) is 16.5 Å². The number of hydrogen-bond donors (Lipinski definition) is 1. The van der Waals surface area contributed by atoms with Crippen LogP contribution in [0.3, 0.4) is 0 Å². The van der Waals surface area contributed by atoms with E-state index < -0.39 is 28.5 Å². The van der Waals surface area contributed by atoms with Crippen LogP contribution in [0.2, 0.25) is 5.02 Å². The van der Waals surface area contributed by atoms with E-state index >= 15 is 0 Å². The van der Waals surface area contributed by atoms with Crippen molar-refractivity contribution in [1.29, 1.82) is 0 Å². The van der Waals surface area contributed by atoms with Gasteiger partial charge in [-0.2, -0.15) is 0 Å². The number of esters is 2. The highest BCUT2D eigenvalue weighted by Gasteiger charge is 2.29. The van der Waals surface area contributed by atoms with Gasteiger partial charge in [-0.25, -0.2) is 14.0 Å². The lowest BCUT2D eigenvalue weighted by Gasteiger charge is -2.23. The average Bonchev–Trinajstić information content (AvgIpc) is 2.81. The molecule has 0 spiro atoms. The Morgan fingerprint density at radius 3 is 2.46 bits per heavy atom. The number of aromatic hydroxyl groups is 1. The summed E-state index contributed by atoms with van der Waals surface area (Å²) in [5.41, 5.74) is -0.535. The highest BCUT2D eigenvalue weighted by atomic mass is 35.5. The summed E-state index contributed by atoms with van der Waals surface area (Å²) in [7, 11) is 2.28. The number of nitrogens with zero attached hydrogens (tertiary/aromatic N) is 1. The molecule has 0 amide bonds. The van der Waals surface area contributed by atoms with E-state index in [0.717, 1.165) is 19.1 Å². The quantitative estimate of drug-likeness (QED) is 0.842. The van der Waals surface area contributed by atoms with Crippen LogP contribution in [0.1, 0.15) is 0 Å². The van der Waals surface area contributed by atoms with E-state index in [1.54, 1.807) is 0 Å². The summed E-state index contributed by atoms with van der Waals surface area (Å²) < 4.78 is 23.8. The first-order valence-corrected chi connectivity index (χ1v) is 7.02. The second-order valence-electron chi connectivity index (χ2n) is 4.55. The van der Waals surface area contributed by atoms with Crippen LogP contribution in [0.4, 0.5) is 10.1 Å². The smallest absolute Gasteiger partial charge is 0.355 e. The predicted octanol–water partition coefficient (Wildman–Crippen LogP) is 2.67. The molecule has 0 aliphatic carbocycles. The standard InChI is InChI=1S/C16H13ClFNO5/c1-23-15(21)9-5-3-4-8-19(14(9)16(22)24-2)10-6-7-11(20)12(17)13(10)18/h3-8,20H,1-2H3. The van der Waals surface area contributed by atoms with Crippen molar-refractivity contribution in [3.8, 4) is 5.75 Å². The van der Waals surface area contributed by atoms with Crippen LogP contribution < -0.4 is 4.90 Å². The van der Waals surface area contributed by atoms with E-state index in [2.05, 4.69) is 4.74 Å². The monoisotopic (exact) mass is 353 g/mol. The molecule has 1 aromatic carbocycles. The molecule has 0 fully saturated rings. The minimum atomic E-state index is -0.964. The van der Waals surface area contributed by atoms with Crippen LogP contribution in [-0.4, -0.2) is 31.3 Å². The van der Waals surface area contributed by atoms with Gasteiger partial charge in [0.25, 0.3) is 0 Å². The first-order valence-electron chi connectivity index (χ1n) is 6.64. The molecule has 24 heavy (non-hydrogen) atoms. The number of carbonyl (C=O) groups is 2. The van der Waals surface area contributed by atoms with Crippen LogP contribution in [0.5, 0.6) is 5.75 Å². The largest absolute Gasteiger partial charge is 0.506 e. The molecule has 1 aliphatic rings. The SMILES string of the molecule is COC(=O)C1=C(C(=O)OC)N(c2ccc(O)c(Cl)c2F)C=CC=C1. The zero-order valence-electron chi connectivity index (χ0n) is 12.7. The maximum Gasteiger partial charge on any atom is 0.355 e. The molecular weight excluding hydrogens is 341 g/mol. The Morgan fingerprint density at radius 1 is 1.17 bits per heavy atom. The minimum Gasteiger partial charge on any atom is -0.506 e. The van der Waals surface area contributed by atoms with E-state index in [-0.39, 0.29) is 17.0 Å². The molecular formula is C16H13ClFNO5. The van der Waals surface area contributed by atoms with E-state index in [0.29, 0.717) is 0 Å². The summed E-state index contributed by atoms with van der Waals surface area (Å²) in [4.78, 5) is 25.3. The fourth-order valence-electron chi connectivity index (χ4n) is 2.07. The Morgan fingerprint density at radius 2 is 1.83 bits per heavy atom. The first kappa shape index (κ1) is 17.6. The van der Waals surface area contributed by atoms with Gasteiger partial charge in [-0.1, -0.05) is 17.7 Å². The average molecular weight is 354 g/mol. The van der Waals surface area contributed by atoms with Crippen molar-refractivity contribution in [2.24, 2.45) is 0 Å². The number of ether oxygens (including phenoxy) is 2. The highest BCUT2D eigenvalue weighted by Crippen LogP contribution is 2.36. The summed E-state index contributed by atoms with van der Waals surface area (Å²) >= 11 is 5.71. The van der Waals surface area contributed by atoms with Crippen LogP contribution in [0.25, 0.3) is 0 Å². The number of anilines is 1. The number of phenolic OH excluding ortho intramolecular Hbond substituents is 1.